The highest BCUT2D eigenvalue weighted by Gasteiger charge is 2.02. The number of hydrogen-bond acceptors (Lipinski definition) is 4. The summed E-state index contributed by atoms with van der Waals surface area (Å²) in [6, 6.07) is 0. The van der Waals surface area contributed by atoms with Gasteiger partial charge in [-0.2, -0.15) is 0 Å². The average molecular weight is 169 g/mol. The van der Waals surface area contributed by atoms with E-state index in [1.807, 2.05) is 0 Å². The second-order valence-corrected chi connectivity index (χ2v) is 1.49. The molecule has 58 valence electrons. The molecule has 0 bridgehead atoms. The molecule has 0 atom stereocenters. The van der Waals surface area contributed by atoms with Crippen LogP contribution in [-0.4, -0.2) is 30.3 Å². The first kappa shape index (κ1) is 9.19. The highest BCUT2D eigenvalue weighted by molar-refractivity contribution is 6.13. The Kier molecular flexibility index (Phi) is 4.61. The van der Waals surface area contributed by atoms with Crippen molar-refractivity contribution in [3.63, 3.8) is 0 Å². The van der Waals surface area contributed by atoms with Crippen LogP contribution in [0.4, 0.5) is 0 Å². The van der Waals surface area contributed by atoms with E-state index in [2.05, 4.69) is 20.9 Å². The van der Waals surface area contributed by atoms with Gasteiger partial charge in [0.05, 0.1) is 0 Å². The third-order valence-corrected chi connectivity index (χ3v) is 0.704. The van der Waals surface area contributed by atoms with E-state index >= 15 is 0 Å². The molecule has 10 heavy (non-hydrogen) atoms. The molecule has 0 fully saturated rings. The van der Waals surface area contributed by atoms with Gasteiger partial charge >= 0.3 is 11.9 Å². The molecule has 0 unspecified atom stereocenters. The number of rotatable bonds is 4. The van der Waals surface area contributed by atoms with Crippen LogP contribution < -0.4 is 0 Å². The van der Waals surface area contributed by atoms with Gasteiger partial charge in [-0.05, 0) is 0 Å². The van der Waals surface area contributed by atoms with E-state index in [1.165, 1.54) is 0 Å². The van der Waals surface area contributed by atoms with Crippen molar-refractivity contribution in [1.29, 1.82) is 0 Å². The van der Waals surface area contributed by atoms with Gasteiger partial charge in [-0.25, -0.2) is 9.59 Å². The van der Waals surface area contributed by atoms with E-state index in [0.717, 1.165) is 0 Å². The molecule has 0 spiro atoms. The first-order chi connectivity index (χ1) is 4.66. The minimum Gasteiger partial charge on any atom is -0.480 e. The molecule has 0 heterocycles. The van der Waals surface area contributed by atoms with Gasteiger partial charge < -0.3 is 14.1 Å². The maximum Gasteiger partial charge on any atom is 0.350 e. The molecule has 0 aromatic heterocycles. The molecule has 0 saturated heterocycles. The number of carboxylic acids is 1. The summed E-state index contributed by atoms with van der Waals surface area (Å²) < 4.78 is 7.94. The number of carboxylic acid groups (broad SMARTS) is 1. The van der Waals surface area contributed by atoms with Gasteiger partial charge in [-0.1, -0.05) is 0 Å². The van der Waals surface area contributed by atoms with E-state index in [-0.39, 0.29) is 0 Å². The fourth-order valence-electron chi connectivity index (χ4n) is 0.244. The molecule has 0 aromatic carbocycles. The van der Waals surface area contributed by atoms with Gasteiger partial charge in [-0.3, -0.25) is 0 Å². The Balaban J connectivity index is 3.20. The molecule has 0 amide bonds. The summed E-state index contributed by atoms with van der Waals surface area (Å²) >= 11 is 4.59. The smallest absolute Gasteiger partial charge is 0.350 e. The minimum atomic E-state index is -1.15. The van der Waals surface area contributed by atoms with E-state index in [9.17, 15) is 9.59 Å². The lowest BCUT2D eigenvalue weighted by molar-refractivity contribution is -0.146. The second-order valence-electron chi connectivity index (χ2n) is 1.34. The van der Waals surface area contributed by atoms with Gasteiger partial charge in [0.1, 0.15) is 25.1 Å². The van der Waals surface area contributed by atoms with Crippen molar-refractivity contribution >= 4 is 23.8 Å². The average Bonchev–Trinajstić information content (AvgIpc) is 1.87. The number of aliphatic carboxylic acids is 1. The van der Waals surface area contributed by atoms with Crippen molar-refractivity contribution in [2.75, 3.05) is 13.2 Å². The first-order valence-corrected chi connectivity index (χ1v) is 2.58. The topological polar surface area (TPSA) is 72.8 Å². The summed E-state index contributed by atoms with van der Waals surface area (Å²) in [5.74, 6) is -1.97. The standard InChI is InChI=1S/C4H5ClO5/c5-10-4(8)2-9-1-3(6)7/h1-2H2,(H,6,7). The Morgan fingerprint density at radius 2 is 2.00 bits per heavy atom. The first-order valence-electron chi connectivity index (χ1n) is 2.27. The SMILES string of the molecule is O=C(O)COCC(=O)OCl. The van der Waals surface area contributed by atoms with Crippen LogP contribution in [0.5, 0.6) is 0 Å². The molecular weight excluding hydrogens is 163 g/mol. The molecular formula is C4H5ClO5. The van der Waals surface area contributed by atoms with Crippen LogP contribution in [0, 0.1) is 0 Å². The number of halogens is 1. The Labute approximate surface area is 61.7 Å². The van der Waals surface area contributed by atoms with E-state index < -0.39 is 25.2 Å². The van der Waals surface area contributed by atoms with Crippen LogP contribution in [0.3, 0.4) is 0 Å². The van der Waals surface area contributed by atoms with Crippen LogP contribution in [0.2, 0.25) is 0 Å². The van der Waals surface area contributed by atoms with Crippen LogP contribution in [0.25, 0.3) is 0 Å². The van der Waals surface area contributed by atoms with Crippen LogP contribution in [0.1, 0.15) is 0 Å². The number of carbonyl (C=O) groups is 2. The van der Waals surface area contributed by atoms with Crippen LogP contribution >= 0.6 is 11.9 Å². The van der Waals surface area contributed by atoms with Gasteiger partial charge in [0, 0.05) is 0 Å². The van der Waals surface area contributed by atoms with Crippen LogP contribution in [-0.2, 0) is 18.6 Å². The highest BCUT2D eigenvalue weighted by Crippen LogP contribution is 1.83. The third-order valence-electron chi connectivity index (χ3n) is 0.532. The Morgan fingerprint density at radius 3 is 2.40 bits per heavy atom. The van der Waals surface area contributed by atoms with Crippen molar-refractivity contribution < 1.29 is 23.7 Å². The van der Waals surface area contributed by atoms with E-state index in [0.29, 0.717) is 0 Å². The van der Waals surface area contributed by atoms with Crippen LogP contribution in [0.15, 0.2) is 0 Å². The zero-order valence-electron chi connectivity index (χ0n) is 4.87. The minimum absolute atomic E-state index is 0.449. The highest BCUT2D eigenvalue weighted by atomic mass is 35.5. The normalized spacial score (nSPS) is 8.90. The van der Waals surface area contributed by atoms with Crippen molar-refractivity contribution in [3.8, 4) is 0 Å². The number of ether oxygens (including phenoxy) is 1. The predicted molar refractivity (Wildman–Crippen MR) is 30.4 cm³/mol. The van der Waals surface area contributed by atoms with Gasteiger partial charge in [0.2, 0.25) is 0 Å². The molecule has 0 rings (SSSR count). The molecule has 0 aliphatic carbocycles. The molecule has 0 aliphatic rings. The third kappa shape index (κ3) is 5.33. The maximum absolute atomic E-state index is 10.1. The van der Waals surface area contributed by atoms with E-state index in [1.54, 1.807) is 0 Å². The Hall–Kier alpha value is -0.810. The lowest BCUT2D eigenvalue weighted by Gasteiger charge is -1.95. The van der Waals surface area contributed by atoms with Gasteiger partial charge in [-0.15, -0.1) is 0 Å². The monoisotopic (exact) mass is 168 g/mol. The summed E-state index contributed by atoms with van der Waals surface area (Å²) in [5.41, 5.74) is 0. The quantitative estimate of drug-likeness (QED) is 0.629. The Bertz CT molecular complexity index is 134. The zero-order chi connectivity index (χ0) is 7.98. The number of hydrogen-bond donors (Lipinski definition) is 1. The fourth-order valence-corrected chi connectivity index (χ4v) is 0.288. The summed E-state index contributed by atoms with van der Waals surface area (Å²) in [7, 11) is 0. The van der Waals surface area contributed by atoms with Crippen molar-refractivity contribution in [1.82, 2.24) is 0 Å². The summed E-state index contributed by atoms with van der Waals surface area (Å²) in [6.07, 6.45) is 0. The number of carbonyl (C=O) groups excluding carboxylic acids is 1. The molecule has 1 N–H and O–H groups in total. The fraction of sp³-hybridized carbons (Fsp3) is 0.500. The predicted octanol–water partition coefficient (Wildman–Crippen LogP) is -0.215. The summed E-state index contributed by atoms with van der Waals surface area (Å²) in [5, 5.41) is 7.99. The second kappa shape index (κ2) is 5.01. The molecule has 5 nitrogen and oxygen atoms in total. The molecule has 0 aromatic rings. The van der Waals surface area contributed by atoms with Crippen molar-refractivity contribution in [3.05, 3.63) is 0 Å². The Morgan fingerprint density at radius 1 is 1.40 bits per heavy atom. The zero-order valence-corrected chi connectivity index (χ0v) is 5.63. The summed E-state index contributed by atoms with van der Waals surface area (Å²) in [4.78, 5) is 19.9. The molecule has 0 saturated carbocycles. The van der Waals surface area contributed by atoms with E-state index in [4.69, 9.17) is 5.11 Å². The van der Waals surface area contributed by atoms with Gasteiger partial charge in [0.15, 0.2) is 0 Å². The molecule has 0 radical (unpaired) electrons. The maximum atomic E-state index is 10.1. The molecule has 6 heteroatoms. The molecule has 0 aliphatic heterocycles. The van der Waals surface area contributed by atoms with Crippen molar-refractivity contribution in [2.24, 2.45) is 0 Å². The van der Waals surface area contributed by atoms with Gasteiger partial charge in [0.25, 0.3) is 0 Å². The lowest BCUT2D eigenvalue weighted by Crippen LogP contribution is -2.13. The lowest BCUT2D eigenvalue weighted by atomic mass is 10.7. The van der Waals surface area contributed by atoms with Crippen molar-refractivity contribution in [2.45, 2.75) is 0 Å². The summed E-state index contributed by atoms with van der Waals surface area (Å²) in [6.45, 7) is -0.984. The largest absolute Gasteiger partial charge is 0.480 e.